The molecule has 0 atom stereocenters. The van der Waals surface area contributed by atoms with Crippen LogP contribution >= 0.6 is 0 Å². The van der Waals surface area contributed by atoms with Gasteiger partial charge in [0.2, 0.25) is 0 Å². The molecule has 0 amide bonds. The first-order valence-electron chi connectivity index (χ1n) is 6.83. The zero-order valence-corrected chi connectivity index (χ0v) is 12.0. The summed E-state index contributed by atoms with van der Waals surface area (Å²) in [6.07, 6.45) is 6.64. The fourth-order valence-corrected chi connectivity index (χ4v) is 2.41. The lowest BCUT2D eigenvalue weighted by atomic mass is 9.78. The topological polar surface area (TPSA) is 53.0 Å². The van der Waals surface area contributed by atoms with Crippen LogP contribution in [0.15, 0.2) is 36.5 Å². The van der Waals surface area contributed by atoms with Gasteiger partial charge in [0.1, 0.15) is 0 Å². The highest BCUT2D eigenvalue weighted by Gasteiger charge is 2.29. The number of nitrogens with two attached hydrogens (primary N) is 1. The van der Waals surface area contributed by atoms with Crippen molar-refractivity contribution in [2.45, 2.75) is 26.2 Å². The Labute approximate surface area is 117 Å². The van der Waals surface area contributed by atoms with E-state index in [2.05, 4.69) is 31.1 Å². The summed E-state index contributed by atoms with van der Waals surface area (Å²) in [5.41, 5.74) is 7.91. The van der Waals surface area contributed by atoms with Gasteiger partial charge in [-0.3, -0.25) is 4.90 Å². The summed E-state index contributed by atoms with van der Waals surface area (Å²) in [5.74, 6) is 0. The molecule has 1 heterocycles. The van der Waals surface area contributed by atoms with Gasteiger partial charge in [0, 0.05) is 19.5 Å². The molecule has 0 radical (unpaired) electrons. The molecule has 0 aromatic rings. The third-order valence-electron chi connectivity index (χ3n) is 3.88. The van der Waals surface area contributed by atoms with Crippen LogP contribution in [0.5, 0.6) is 0 Å². The van der Waals surface area contributed by atoms with Gasteiger partial charge in [0.25, 0.3) is 0 Å². The summed E-state index contributed by atoms with van der Waals surface area (Å²) < 4.78 is 0. The Kier molecular flexibility index (Phi) is 6.01. The van der Waals surface area contributed by atoms with Crippen LogP contribution in [-0.4, -0.2) is 31.1 Å². The minimum atomic E-state index is 0.200. The molecule has 0 aromatic heterocycles. The lowest BCUT2D eigenvalue weighted by molar-refractivity contribution is 0.130. The van der Waals surface area contributed by atoms with Crippen molar-refractivity contribution in [2.24, 2.45) is 11.1 Å². The average molecular weight is 259 g/mol. The second-order valence-electron chi connectivity index (χ2n) is 5.71. The van der Waals surface area contributed by atoms with Crippen molar-refractivity contribution >= 4 is 0 Å². The average Bonchev–Trinajstić information content (AvgIpc) is 2.39. The molecule has 3 heteroatoms. The molecule has 1 aliphatic rings. The van der Waals surface area contributed by atoms with Gasteiger partial charge in [-0.05, 0) is 42.5 Å². The van der Waals surface area contributed by atoms with Gasteiger partial charge >= 0.3 is 0 Å². The summed E-state index contributed by atoms with van der Waals surface area (Å²) >= 11 is 0. The molecule has 0 aliphatic carbocycles. The van der Waals surface area contributed by atoms with Crippen molar-refractivity contribution in [3.63, 3.8) is 0 Å². The van der Waals surface area contributed by atoms with Gasteiger partial charge in [0.05, 0.1) is 6.07 Å². The summed E-state index contributed by atoms with van der Waals surface area (Å²) in [7, 11) is 0. The maximum atomic E-state index is 8.84. The van der Waals surface area contributed by atoms with Crippen molar-refractivity contribution in [3.05, 3.63) is 36.5 Å². The van der Waals surface area contributed by atoms with Crippen LogP contribution in [0.3, 0.4) is 0 Å². The second-order valence-corrected chi connectivity index (χ2v) is 5.71. The number of piperidine rings is 1. The Hall–Kier alpha value is -1.37. The number of rotatable bonds is 6. The third kappa shape index (κ3) is 5.02. The molecule has 2 N–H and O–H groups in total. The largest absolute Gasteiger partial charge is 0.326 e. The third-order valence-corrected chi connectivity index (χ3v) is 3.88. The molecule has 0 spiro atoms. The van der Waals surface area contributed by atoms with E-state index in [1.165, 1.54) is 0 Å². The molecule has 3 nitrogen and oxygen atoms in total. The molecular formula is C16H25N3. The van der Waals surface area contributed by atoms with E-state index in [0.29, 0.717) is 13.0 Å². The smallest absolute Gasteiger partial charge is 0.0627 e. The standard InChI is InChI=1S/C16H25N3/c1-4-15(12-18)11-14(2)13-19-9-6-16(3,5-8-17)7-10-19/h4,11H,1-2,5-7,9-10,12-13,18H2,3H3/b15-11+. The quantitative estimate of drug-likeness (QED) is 0.746. The Morgan fingerprint density at radius 1 is 1.47 bits per heavy atom. The monoisotopic (exact) mass is 259 g/mol. The molecule has 0 saturated carbocycles. The molecule has 1 rings (SSSR count). The minimum absolute atomic E-state index is 0.200. The molecule has 1 saturated heterocycles. The van der Waals surface area contributed by atoms with Crippen molar-refractivity contribution in [2.75, 3.05) is 26.2 Å². The Morgan fingerprint density at radius 2 is 2.11 bits per heavy atom. The van der Waals surface area contributed by atoms with Crippen LogP contribution in [0.1, 0.15) is 26.2 Å². The lowest BCUT2D eigenvalue weighted by Crippen LogP contribution is -2.39. The molecule has 1 aliphatic heterocycles. The van der Waals surface area contributed by atoms with E-state index in [4.69, 9.17) is 11.0 Å². The Bertz CT molecular complexity index is 393. The van der Waals surface area contributed by atoms with E-state index < -0.39 is 0 Å². The molecule has 104 valence electrons. The highest BCUT2D eigenvalue weighted by Crippen LogP contribution is 2.33. The van der Waals surface area contributed by atoms with Gasteiger partial charge in [0.15, 0.2) is 0 Å². The number of nitriles is 1. The predicted octanol–water partition coefficient (Wildman–Crippen LogP) is 2.63. The van der Waals surface area contributed by atoms with Gasteiger partial charge in [-0.15, -0.1) is 0 Å². The van der Waals surface area contributed by atoms with Gasteiger partial charge in [-0.1, -0.05) is 32.2 Å². The van der Waals surface area contributed by atoms with Crippen molar-refractivity contribution in [3.8, 4) is 6.07 Å². The molecule has 1 fully saturated rings. The zero-order valence-electron chi connectivity index (χ0n) is 12.0. The van der Waals surface area contributed by atoms with E-state index in [1.807, 2.05) is 6.08 Å². The Morgan fingerprint density at radius 3 is 2.58 bits per heavy atom. The van der Waals surface area contributed by atoms with E-state index in [9.17, 15) is 0 Å². The van der Waals surface area contributed by atoms with E-state index >= 15 is 0 Å². The first-order chi connectivity index (χ1) is 9.03. The van der Waals surface area contributed by atoms with Crippen molar-refractivity contribution < 1.29 is 0 Å². The number of hydrogen-bond acceptors (Lipinski definition) is 3. The fourth-order valence-electron chi connectivity index (χ4n) is 2.41. The first-order valence-corrected chi connectivity index (χ1v) is 6.83. The molecule has 0 unspecified atom stereocenters. The van der Waals surface area contributed by atoms with Gasteiger partial charge in [-0.2, -0.15) is 5.26 Å². The van der Waals surface area contributed by atoms with Crippen LogP contribution in [0.4, 0.5) is 0 Å². The van der Waals surface area contributed by atoms with E-state index in [-0.39, 0.29) is 5.41 Å². The highest BCUT2D eigenvalue weighted by atomic mass is 15.1. The molecule has 0 bridgehead atoms. The van der Waals surface area contributed by atoms with Crippen molar-refractivity contribution in [1.29, 1.82) is 5.26 Å². The summed E-state index contributed by atoms with van der Waals surface area (Å²) in [6.45, 7) is 13.5. The van der Waals surface area contributed by atoms with Crippen LogP contribution in [0.2, 0.25) is 0 Å². The van der Waals surface area contributed by atoms with Crippen LogP contribution in [-0.2, 0) is 0 Å². The molecule has 0 aromatic carbocycles. The lowest BCUT2D eigenvalue weighted by Gasteiger charge is -2.38. The molecule has 19 heavy (non-hydrogen) atoms. The molecular weight excluding hydrogens is 234 g/mol. The van der Waals surface area contributed by atoms with Crippen molar-refractivity contribution in [1.82, 2.24) is 4.90 Å². The van der Waals surface area contributed by atoms with Gasteiger partial charge in [-0.25, -0.2) is 0 Å². The van der Waals surface area contributed by atoms with E-state index in [0.717, 1.165) is 43.6 Å². The number of likely N-dealkylation sites (tertiary alicyclic amines) is 1. The number of nitrogens with zero attached hydrogens (tertiary/aromatic N) is 2. The van der Waals surface area contributed by atoms with E-state index in [1.54, 1.807) is 6.08 Å². The zero-order chi connectivity index (χ0) is 14.3. The van der Waals surface area contributed by atoms with Gasteiger partial charge < -0.3 is 5.73 Å². The number of hydrogen-bond donors (Lipinski definition) is 1. The Balaban J connectivity index is 2.45. The second kappa shape index (κ2) is 7.28. The SMILES string of the molecule is C=C/C(=C\C(=C)CN1CCC(C)(CC#N)CC1)CN. The first kappa shape index (κ1) is 15.7. The summed E-state index contributed by atoms with van der Waals surface area (Å²) in [6, 6.07) is 2.30. The summed E-state index contributed by atoms with van der Waals surface area (Å²) in [4.78, 5) is 2.40. The highest BCUT2D eigenvalue weighted by molar-refractivity contribution is 5.29. The minimum Gasteiger partial charge on any atom is -0.326 e. The maximum Gasteiger partial charge on any atom is 0.0627 e. The predicted molar refractivity (Wildman–Crippen MR) is 80.5 cm³/mol. The van der Waals surface area contributed by atoms with Crippen LogP contribution < -0.4 is 5.73 Å². The van der Waals surface area contributed by atoms with Crippen LogP contribution in [0.25, 0.3) is 0 Å². The van der Waals surface area contributed by atoms with Crippen LogP contribution in [0, 0.1) is 16.7 Å². The summed E-state index contributed by atoms with van der Waals surface area (Å²) in [5, 5.41) is 8.84. The normalized spacial score (nSPS) is 19.7. The fraction of sp³-hybridized carbons (Fsp3) is 0.562. The maximum absolute atomic E-state index is 8.84.